The first-order valence-electron chi connectivity index (χ1n) is 15.9. The van der Waals surface area contributed by atoms with Gasteiger partial charge in [0.05, 0.1) is 45.7 Å². The summed E-state index contributed by atoms with van der Waals surface area (Å²) in [7, 11) is 0. The monoisotopic (exact) mass is 825 g/mol. The molecule has 0 aliphatic carbocycles. The number of benzene rings is 4. The Kier molecular flexibility index (Phi) is 8.91. The van der Waals surface area contributed by atoms with E-state index in [9.17, 15) is 19.8 Å². The summed E-state index contributed by atoms with van der Waals surface area (Å²) >= 11 is 20.7. The predicted octanol–water partition coefficient (Wildman–Crippen LogP) is 6.39. The van der Waals surface area contributed by atoms with E-state index in [4.69, 9.17) is 79.6 Å². The number of para-hydroxylation sites is 1. The van der Waals surface area contributed by atoms with Crippen LogP contribution in [-0.4, -0.2) is 58.4 Å². The molecule has 0 atom stereocenters. The Bertz CT molecular complexity index is 2900. The number of carboxylic acids is 2. The van der Waals surface area contributed by atoms with Gasteiger partial charge < -0.3 is 39.9 Å². The van der Waals surface area contributed by atoms with Gasteiger partial charge in [0.2, 0.25) is 0 Å². The Morgan fingerprint density at radius 3 is 1.78 bits per heavy atom. The van der Waals surface area contributed by atoms with Crippen LogP contribution in [0.15, 0.2) is 72.8 Å². The maximum atomic E-state index is 11.6. The fourth-order valence-electron chi connectivity index (χ4n) is 6.35. The summed E-state index contributed by atoms with van der Waals surface area (Å²) in [5, 5.41) is 29.8. The molecule has 8 bridgehead atoms. The van der Waals surface area contributed by atoms with E-state index < -0.39 is 30.9 Å². The first-order valence-corrected chi connectivity index (χ1v) is 17.0. The molecule has 1 radical (unpaired) electrons. The van der Waals surface area contributed by atoms with Crippen molar-refractivity contribution < 1.29 is 46.4 Å². The van der Waals surface area contributed by atoms with Crippen molar-refractivity contribution in [2.45, 2.75) is 18.9 Å². The van der Waals surface area contributed by atoms with E-state index in [1.54, 1.807) is 6.07 Å². The van der Waals surface area contributed by atoms with E-state index in [1.807, 2.05) is 66.7 Å². The number of nitrogens with zero attached hydrogens (tertiary/aromatic N) is 9. The number of carbonyl (C=O) groups is 2. The predicted molar refractivity (Wildman–Crippen MR) is 194 cm³/mol. The topological polar surface area (TPSA) is 193 Å². The molecule has 14 nitrogen and oxygen atoms in total. The van der Waals surface area contributed by atoms with Gasteiger partial charge in [0.25, 0.3) is 5.69 Å². The number of aliphatic carboxylic acids is 2. The van der Waals surface area contributed by atoms with Crippen molar-refractivity contribution in [3.8, 4) is 45.6 Å². The zero-order valence-corrected chi connectivity index (χ0v) is 30.2. The molecular weight excluding hydrogens is 808 g/mol. The average molecular weight is 828 g/mol. The summed E-state index contributed by atoms with van der Waals surface area (Å²) in [5.74, 6) is -1.90. The molecule has 269 valence electrons. The third-order valence-corrected chi connectivity index (χ3v) is 9.84. The number of rotatable bonds is 6. The molecule has 54 heavy (non-hydrogen) atoms. The summed E-state index contributed by atoms with van der Waals surface area (Å²) in [6.45, 7) is 0. The maximum absolute atomic E-state index is 11.6. The van der Waals surface area contributed by atoms with Gasteiger partial charge in [-0.1, -0.05) is 101 Å². The van der Waals surface area contributed by atoms with Crippen LogP contribution in [0.1, 0.15) is 12.8 Å². The van der Waals surface area contributed by atoms with Crippen molar-refractivity contribution >= 4 is 90.9 Å². The van der Waals surface area contributed by atoms with Gasteiger partial charge in [-0.05, 0) is 16.8 Å². The van der Waals surface area contributed by atoms with Gasteiger partial charge in [-0.15, -0.1) is 0 Å². The third kappa shape index (κ3) is 5.86. The van der Waals surface area contributed by atoms with E-state index in [-0.39, 0.29) is 65.8 Å². The molecule has 18 heteroatoms. The van der Waals surface area contributed by atoms with Gasteiger partial charge >= 0.3 is 29.0 Å². The molecule has 0 saturated carbocycles. The normalized spacial score (nSPS) is 11.7. The Morgan fingerprint density at radius 2 is 1.15 bits per heavy atom. The third-order valence-electron chi connectivity index (χ3n) is 8.64. The second-order valence-corrected chi connectivity index (χ2v) is 13.1. The summed E-state index contributed by atoms with van der Waals surface area (Å²) in [4.78, 5) is 53.6. The van der Waals surface area contributed by atoms with Crippen LogP contribution in [0, 0.1) is 0 Å². The summed E-state index contributed by atoms with van der Waals surface area (Å²) in [6, 6.07) is 22.3. The Morgan fingerprint density at radius 1 is 0.630 bits per heavy atom. The summed E-state index contributed by atoms with van der Waals surface area (Å²) in [5.41, 5.74) is 3.42. The van der Waals surface area contributed by atoms with Crippen LogP contribution in [-0.2, 0) is 26.7 Å². The molecule has 0 unspecified atom stereocenters. The minimum absolute atomic E-state index is 0. The van der Waals surface area contributed by atoms with Crippen LogP contribution in [0.2, 0.25) is 15.1 Å². The number of carboxylic acid groups (broad SMARTS) is 2. The zero-order valence-electron chi connectivity index (χ0n) is 27.0. The van der Waals surface area contributed by atoms with Gasteiger partial charge in [0.1, 0.15) is 11.1 Å². The quantitative estimate of drug-likeness (QED) is 0.107. The average Bonchev–Trinajstić information content (AvgIpc) is 3.87. The second kappa shape index (κ2) is 13.6. The van der Waals surface area contributed by atoms with Crippen molar-refractivity contribution in [2.24, 2.45) is 0 Å². The Hall–Kier alpha value is -5.70. The van der Waals surface area contributed by atoms with Crippen molar-refractivity contribution in [2.75, 3.05) is 0 Å². The largest absolute Gasteiger partial charge is 2.00 e. The van der Waals surface area contributed by atoms with E-state index >= 15 is 0 Å². The van der Waals surface area contributed by atoms with Crippen LogP contribution in [0.4, 0.5) is 0 Å². The first-order chi connectivity index (χ1) is 25.6. The molecule has 0 amide bonds. The number of hydrogen-bond donors (Lipinski definition) is 2. The maximum Gasteiger partial charge on any atom is 2.00 e. The molecule has 2 aliphatic heterocycles. The van der Waals surface area contributed by atoms with Crippen molar-refractivity contribution in [3.05, 3.63) is 87.9 Å². The molecule has 9 rings (SSSR count). The molecule has 7 aromatic rings. The van der Waals surface area contributed by atoms with Crippen LogP contribution >= 0.6 is 34.8 Å². The standard InChI is InChI=1S/C36H20Cl3N9O5.Cu/c37-26-24-25(27(38)29(28(26)39)53-15(13-22(49)50)14-23(51)52)36-45-35(24)44-33-19-10-4-2-8-17(19)31(42-33)40-30-16-7-1-3-9-18(16)32(41-30)43-34-20-11-5-6-12-21(20)48(46-34)47-36;/h1-12,15H,13-14H2,(H3,40,41,42,43,44,45,46,47,49,50,51,52);/q;+2/p-1. The molecule has 2 N–H and O–H groups in total. The summed E-state index contributed by atoms with van der Waals surface area (Å²) < 4.78 is 5.88. The minimum atomic E-state index is -1.35. The van der Waals surface area contributed by atoms with Crippen molar-refractivity contribution in [1.29, 1.82) is 0 Å². The van der Waals surface area contributed by atoms with Crippen LogP contribution in [0.3, 0.4) is 0 Å². The van der Waals surface area contributed by atoms with Crippen molar-refractivity contribution in [1.82, 2.24) is 40.1 Å². The molecule has 2 aliphatic rings. The Labute approximate surface area is 328 Å². The molecule has 5 heterocycles. The smallest absolute Gasteiger partial charge is 0.486 e. The van der Waals surface area contributed by atoms with E-state index in [1.165, 1.54) is 4.80 Å². The number of halogens is 3. The second-order valence-electron chi connectivity index (χ2n) is 12.0. The van der Waals surface area contributed by atoms with Crippen molar-refractivity contribution in [3.63, 3.8) is 0 Å². The van der Waals surface area contributed by atoms with Gasteiger partial charge in [-0.3, -0.25) is 9.59 Å². The number of fused-ring (bicyclic) bond motifs is 20. The minimum Gasteiger partial charge on any atom is -0.486 e. The number of ether oxygens (including phenoxy) is 1. The Balaban J connectivity index is 0.00000413. The molecule has 0 saturated heterocycles. The number of aromatic nitrogens is 9. The number of hydrogen-bond acceptors (Lipinski definition) is 9. The van der Waals surface area contributed by atoms with Crippen LogP contribution < -0.4 is 19.5 Å². The molecule has 0 fully saturated rings. The zero-order chi connectivity index (χ0) is 36.5. The van der Waals surface area contributed by atoms with Crippen LogP contribution in [0.25, 0.3) is 84.0 Å². The van der Waals surface area contributed by atoms with Gasteiger partial charge in [-0.25, -0.2) is 4.98 Å². The molecular formula is C36H19Cl3CuN9O5+. The van der Waals surface area contributed by atoms with E-state index in [0.717, 1.165) is 10.8 Å². The molecule has 4 aromatic carbocycles. The van der Waals surface area contributed by atoms with Gasteiger partial charge in [0.15, 0.2) is 11.6 Å². The summed E-state index contributed by atoms with van der Waals surface area (Å²) in [6.07, 6.45) is -2.66. The van der Waals surface area contributed by atoms with E-state index in [2.05, 4.69) is 0 Å². The fraction of sp³-hybridized carbons (Fsp3) is 0.0833. The molecule has 3 aromatic heterocycles. The van der Waals surface area contributed by atoms with E-state index in [0.29, 0.717) is 45.3 Å². The SMILES string of the molecule is O=C(O)CC(CC(=O)O)Oc1c(Cl)c(Cl)c2c3nc4nc(nc5[n-]c(nc6n[n+](nc([n-]3)c2c1Cl)-c1ccccc1-6)c1ccccc51)-c1ccccc1-4.[Cu+2]. The fourth-order valence-corrected chi connectivity index (χ4v) is 7.22. The molecule has 0 spiro atoms. The van der Waals surface area contributed by atoms with Crippen LogP contribution in [0.5, 0.6) is 5.75 Å². The van der Waals surface area contributed by atoms with Gasteiger partial charge in [-0.2, -0.15) is 0 Å². The first kappa shape index (κ1) is 35.3. The van der Waals surface area contributed by atoms with Gasteiger partial charge in [0, 0.05) is 54.8 Å².